The van der Waals surface area contributed by atoms with E-state index < -0.39 is 15.9 Å². The smallest absolute Gasteiger partial charge is 0.240 e. The maximum atomic E-state index is 13.0. The van der Waals surface area contributed by atoms with Crippen LogP contribution in [0.3, 0.4) is 0 Å². The number of benzene rings is 2. The van der Waals surface area contributed by atoms with Crippen molar-refractivity contribution in [3.63, 3.8) is 0 Å². The number of ether oxygens (including phenoxy) is 1. The Balaban J connectivity index is 1.50. The highest BCUT2D eigenvalue weighted by Crippen LogP contribution is 2.31. The van der Waals surface area contributed by atoms with Gasteiger partial charge in [-0.2, -0.15) is 0 Å². The molecular formula is C23H27N3O5S. The van der Waals surface area contributed by atoms with E-state index in [9.17, 15) is 18.0 Å². The van der Waals surface area contributed by atoms with Gasteiger partial charge in [0.25, 0.3) is 0 Å². The fourth-order valence-electron chi connectivity index (χ4n) is 3.75. The van der Waals surface area contributed by atoms with Crippen LogP contribution in [0.1, 0.15) is 31.7 Å². The molecule has 170 valence electrons. The largest absolute Gasteiger partial charge is 0.495 e. The molecule has 2 aromatic rings. The summed E-state index contributed by atoms with van der Waals surface area (Å²) in [6, 6.07) is 12.0. The average Bonchev–Trinajstić information content (AvgIpc) is 3.50. The van der Waals surface area contributed by atoms with Gasteiger partial charge in [0.05, 0.1) is 23.6 Å². The van der Waals surface area contributed by atoms with Gasteiger partial charge in [-0.25, -0.2) is 13.1 Å². The highest BCUT2D eigenvalue weighted by atomic mass is 32.2. The number of sulfonamides is 1. The van der Waals surface area contributed by atoms with Crippen LogP contribution in [0.2, 0.25) is 0 Å². The van der Waals surface area contributed by atoms with E-state index in [-0.39, 0.29) is 41.4 Å². The number of hydrogen-bond acceptors (Lipinski definition) is 5. The van der Waals surface area contributed by atoms with Gasteiger partial charge >= 0.3 is 0 Å². The van der Waals surface area contributed by atoms with Crippen LogP contribution in [-0.4, -0.2) is 39.9 Å². The molecule has 0 aromatic heterocycles. The molecule has 4 rings (SSSR count). The van der Waals surface area contributed by atoms with Crippen LogP contribution in [-0.2, 0) is 26.0 Å². The van der Waals surface area contributed by atoms with E-state index in [0.717, 1.165) is 30.5 Å². The first-order valence-electron chi connectivity index (χ1n) is 10.7. The molecule has 0 bridgehead atoms. The number of carbonyl (C=O) groups excluding carboxylic acids is 2. The van der Waals surface area contributed by atoms with Crippen molar-refractivity contribution in [3.05, 3.63) is 48.0 Å². The van der Waals surface area contributed by atoms with Gasteiger partial charge in [0.15, 0.2) is 0 Å². The molecule has 0 spiro atoms. The van der Waals surface area contributed by atoms with E-state index in [0.29, 0.717) is 5.75 Å². The van der Waals surface area contributed by atoms with Crippen molar-refractivity contribution in [2.24, 2.45) is 5.92 Å². The van der Waals surface area contributed by atoms with Gasteiger partial charge in [0, 0.05) is 24.7 Å². The molecule has 1 heterocycles. The number of amides is 2. The van der Waals surface area contributed by atoms with Gasteiger partial charge in [-0.3, -0.25) is 9.59 Å². The average molecular weight is 458 g/mol. The number of methoxy groups -OCH3 is 1. The van der Waals surface area contributed by atoms with Gasteiger partial charge in [-0.05, 0) is 55.2 Å². The summed E-state index contributed by atoms with van der Waals surface area (Å²) in [6.45, 7) is 2.31. The highest BCUT2D eigenvalue weighted by Gasteiger charge is 2.36. The lowest BCUT2D eigenvalue weighted by Crippen LogP contribution is -2.28. The number of rotatable bonds is 8. The Morgan fingerprint density at radius 2 is 1.97 bits per heavy atom. The minimum atomic E-state index is -3.68. The van der Waals surface area contributed by atoms with Gasteiger partial charge in [-0.15, -0.1) is 0 Å². The third kappa shape index (κ3) is 4.78. The van der Waals surface area contributed by atoms with Crippen LogP contribution in [0.15, 0.2) is 47.4 Å². The zero-order valence-electron chi connectivity index (χ0n) is 18.1. The number of carbonyl (C=O) groups is 2. The Kier molecular flexibility index (Phi) is 6.21. The van der Waals surface area contributed by atoms with Crippen LogP contribution >= 0.6 is 0 Å². The second-order valence-corrected chi connectivity index (χ2v) is 9.89. The van der Waals surface area contributed by atoms with Gasteiger partial charge in [0.1, 0.15) is 5.75 Å². The summed E-state index contributed by atoms with van der Waals surface area (Å²) in [5.41, 5.74) is 2.15. The quantitative estimate of drug-likeness (QED) is 0.634. The first-order chi connectivity index (χ1) is 15.3. The second kappa shape index (κ2) is 8.91. The molecule has 32 heavy (non-hydrogen) atoms. The Labute approximate surface area is 188 Å². The standard InChI is InChI=1S/C23H27N3O5S/c1-3-15-5-4-6-18(11-15)26-14-16(12-22(26)27)23(28)24-20-13-19(9-10-21(20)31-2)32(29,30)25-17-7-8-17/h4-6,9-11,13,16-17,25H,3,7-8,12,14H2,1-2H3,(H,24,28). The molecule has 2 amide bonds. The number of hydrogen-bond donors (Lipinski definition) is 2. The maximum absolute atomic E-state index is 13.0. The summed E-state index contributed by atoms with van der Waals surface area (Å²) in [7, 11) is -2.23. The number of aryl methyl sites for hydroxylation is 1. The molecule has 1 unspecified atom stereocenters. The molecular weight excluding hydrogens is 430 g/mol. The number of nitrogens with zero attached hydrogens (tertiary/aromatic N) is 1. The fourth-order valence-corrected chi connectivity index (χ4v) is 5.08. The third-order valence-electron chi connectivity index (χ3n) is 5.76. The van der Waals surface area contributed by atoms with E-state index in [2.05, 4.69) is 10.0 Å². The summed E-state index contributed by atoms with van der Waals surface area (Å²) < 4.78 is 33.0. The van der Waals surface area contributed by atoms with E-state index >= 15 is 0 Å². The predicted octanol–water partition coefficient (Wildman–Crippen LogP) is 2.69. The molecule has 9 heteroatoms. The molecule has 1 aliphatic heterocycles. The molecule has 1 saturated heterocycles. The predicted molar refractivity (Wildman–Crippen MR) is 121 cm³/mol. The third-order valence-corrected chi connectivity index (χ3v) is 7.28. The van der Waals surface area contributed by atoms with Crippen molar-refractivity contribution in [1.82, 2.24) is 4.72 Å². The maximum Gasteiger partial charge on any atom is 0.240 e. The number of nitrogens with one attached hydrogen (secondary N) is 2. The van der Waals surface area contributed by atoms with Crippen LogP contribution in [0.25, 0.3) is 0 Å². The minimum Gasteiger partial charge on any atom is -0.495 e. The second-order valence-electron chi connectivity index (χ2n) is 8.18. The van der Waals surface area contributed by atoms with Crippen LogP contribution in [0, 0.1) is 5.92 Å². The summed E-state index contributed by atoms with van der Waals surface area (Å²) in [4.78, 5) is 27.2. The highest BCUT2D eigenvalue weighted by molar-refractivity contribution is 7.89. The SMILES string of the molecule is CCc1cccc(N2CC(C(=O)Nc3cc(S(=O)(=O)NC4CC4)ccc3OC)CC2=O)c1. The van der Waals surface area contributed by atoms with Crippen molar-refractivity contribution in [1.29, 1.82) is 0 Å². The summed E-state index contributed by atoms with van der Waals surface area (Å²) in [6.07, 6.45) is 2.60. The normalized spacial score (nSPS) is 18.6. The first-order valence-corrected chi connectivity index (χ1v) is 12.2. The van der Waals surface area contributed by atoms with Crippen molar-refractivity contribution in [3.8, 4) is 5.75 Å². The lowest BCUT2D eigenvalue weighted by molar-refractivity contribution is -0.122. The Bertz CT molecular complexity index is 1140. The van der Waals surface area contributed by atoms with E-state index in [4.69, 9.17) is 4.74 Å². The summed E-state index contributed by atoms with van der Waals surface area (Å²) >= 11 is 0. The van der Waals surface area contributed by atoms with Gasteiger partial charge in [0.2, 0.25) is 21.8 Å². The van der Waals surface area contributed by atoms with Crippen molar-refractivity contribution >= 4 is 33.2 Å². The van der Waals surface area contributed by atoms with Crippen LogP contribution in [0.5, 0.6) is 5.75 Å². The minimum absolute atomic E-state index is 0.0261. The summed E-state index contributed by atoms with van der Waals surface area (Å²) in [5, 5.41) is 2.76. The zero-order chi connectivity index (χ0) is 22.9. The molecule has 1 saturated carbocycles. The van der Waals surface area contributed by atoms with Gasteiger partial charge < -0.3 is 15.0 Å². The molecule has 0 radical (unpaired) electrons. The molecule has 1 aliphatic carbocycles. The molecule has 2 N–H and O–H groups in total. The van der Waals surface area contributed by atoms with Crippen LogP contribution < -0.4 is 19.7 Å². The molecule has 8 nitrogen and oxygen atoms in total. The molecule has 2 aliphatic rings. The van der Waals surface area contributed by atoms with Crippen molar-refractivity contribution < 1.29 is 22.7 Å². The van der Waals surface area contributed by atoms with E-state index in [1.165, 1.54) is 25.3 Å². The van der Waals surface area contributed by atoms with Crippen molar-refractivity contribution in [2.45, 2.75) is 43.5 Å². The molecule has 2 fully saturated rings. The lowest BCUT2D eigenvalue weighted by atomic mass is 10.1. The fraction of sp³-hybridized carbons (Fsp3) is 0.391. The Morgan fingerprint density at radius 3 is 2.66 bits per heavy atom. The Hall–Kier alpha value is -2.91. The van der Waals surface area contributed by atoms with E-state index in [1.54, 1.807) is 4.90 Å². The molecule has 2 aromatic carbocycles. The lowest BCUT2D eigenvalue weighted by Gasteiger charge is -2.18. The topological polar surface area (TPSA) is 105 Å². The number of anilines is 2. The summed E-state index contributed by atoms with van der Waals surface area (Å²) in [5.74, 6) is -0.672. The van der Waals surface area contributed by atoms with Crippen LogP contribution in [0.4, 0.5) is 11.4 Å². The monoisotopic (exact) mass is 457 g/mol. The first kappa shape index (κ1) is 22.3. The Morgan fingerprint density at radius 1 is 1.19 bits per heavy atom. The van der Waals surface area contributed by atoms with Crippen molar-refractivity contribution in [2.75, 3.05) is 23.9 Å². The molecule has 1 atom stereocenters. The van der Waals surface area contributed by atoms with E-state index in [1.807, 2.05) is 31.2 Å². The van der Waals surface area contributed by atoms with Gasteiger partial charge in [-0.1, -0.05) is 19.1 Å². The zero-order valence-corrected chi connectivity index (χ0v) is 18.9.